The standard InChI is InChI=1S/C17H31NO3/c1-4-21-16(19)13-17(18-9-11-20-12-10-18)8-6-5-7-15(17)14(2)3/h14-15H,4-13H2,1-3H3. The smallest absolute Gasteiger partial charge is 0.307 e. The van der Waals surface area contributed by atoms with E-state index < -0.39 is 0 Å². The highest BCUT2D eigenvalue weighted by Gasteiger charge is 2.48. The number of ether oxygens (including phenoxy) is 2. The normalized spacial score (nSPS) is 31.3. The van der Waals surface area contributed by atoms with E-state index in [1.165, 1.54) is 19.3 Å². The van der Waals surface area contributed by atoms with Gasteiger partial charge in [-0.2, -0.15) is 0 Å². The van der Waals surface area contributed by atoms with E-state index in [9.17, 15) is 4.79 Å². The molecule has 4 nitrogen and oxygen atoms in total. The van der Waals surface area contributed by atoms with Gasteiger partial charge >= 0.3 is 5.97 Å². The molecule has 2 atom stereocenters. The Morgan fingerprint density at radius 2 is 2.05 bits per heavy atom. The lowest BCUT2D eigenvalue weighted by Crippen LogP contribution is -2.60. The molecule has 1 aliphatic carbocycles. The number of rotatable bonds is 5. The molecule has 0 aromatic rings. The first-order chi connectivity index (χ1) is 10.1. The van der Waals surface area contributed by atoms with Gasteiger partial charge in [0.05, 0.1) is 26.2 Å². The first kappa shape index (κ1) is 16.8. The Morgan fingerprint density at radius 1 is 1.33 bits per heavy atom. The molecule has 0 aromatic heterocycles. The summed E-state index contributed by atoms with van der Waals surface area (Å²) in [6, 6.07) is 0. The van der Waals surface area contributed by atoms with E-state index in [2.05, 4.69) is 18.7 Å². The van der Waals surface area contributed by atoms with E-state index in [0.717, 1.165) is 32.7 Å². The van der Waals surface area contributed by atoms with E-state index in [-0.39, 0.29) is 11.5 Å². The molecule has 2 unspecified atom stereocenters. The average molecular weight is 297 g/mol. The summed E-state index contributed by atoms with van der Waals surface area (Å²) in [7, 11) is 0. The third-order valence-electron chi connectivity index (χ3n) is 5.27. The third-order valence-corrected chi connectivity index (χ3v) is 5.27. The van der Waals surface area contributed by atoms with Crippen LogP contribution in [0.25, 0.3) is 0 Å². The second kappa shape index (κ2) is 7.59. The summed E-state index contributed by atoms with van der Waals surface area (Å²) in [4.78, 5) is 14.8. The van der Waals surface area contributed by atoms with Crippen molar-refractivity contribution in [3.63, 3.8) is 0 Å². The van der Waals surface area contributed by atoms with Crippen molar-refractivity contribution >= 4 is 5.97 Å². The van der Waals surface area contributed by atoms with Gasteiger partial charge in [-0.3, -0.25) is 9.69 Å². The number of nitrogens with zero attached hydrogens (tertiary/aromatic N) is 1. The molecule has 0 bridgehead atoms. The van der Waals surface area contributed by atoms with Gasteiger partial charge in [0.2, 0.25) is 0 Å². The van der Waals surface area contributed by atoms with Crippen LogP contribution >= 0.6 is 0 Å². The highest BCUT2D eigenvalue weighted by Crippen LogP contribution is 2.45. The van der Waals surface area contributed by atoms with Crippen LogP contribution in [-0.4, -0.2) is 49.3 Å². The Kier molecular flexibility index (Phi) is 6.06. The maximum absolute atomic E-state index is 12.2. The van der Waals surface area contributed by atoms with Crippen LogP contribution in [0, 0.1) is 11.8 Å². The van der Waals surface area contributed by atoms with E-state index in [0.29, 0.717) is 24.9 Å². The summed E-state index contributed by atoms with van der Waals surface area (Å²) in [6.45, 7) is 10.4. The summed E-state index contributed by atoms with van der Waals surface area (Å²) in [5, 5.41) is 0. The first-order valence-corrected chi connectivity index (χ1v) is 8.58. The largest absolute Gasteiger partial charge is 0.466 e. The van der Waals surface area contributed by atoms with Crippen molar-refractivity contribution < 1.29 is 14.3 Å². The van der Waals surface area contributed by atoms with Gasteiger partial charge in [0.25, 0.3) is 0 Å². The zero-order chi connectivity index (χ0) is 15.3. The Bertz CT molecular complexity index is 339. The zero-order valence-corrected chi connectivity index (χ0v) is 13.9. The second-order valence-electron chi connectivity index (χ2n) is 6.78. The molecule has 1 heterocycles. The van der Waals surface area contributed by atoms with E-state index in [1.807, 2.05) is 6.92 Å². The molecule has 0 aromatic carbocycles. The van der Waals surface area contributed by atoms with Gasteiger partial charge in [0.1, 0.15) is 0 Å². The van der Waals surface area contributed by atoms with Crippen LogP contribution in [0.2, 0.25) is 0 Å². The van der Waals surface area contributed by atoms with Crippen LogP contribution in [0.3, 0.4) is 0 Å². The van der Waals surface area contributed by atoms with Gasteiger partial charge in [-0.1, -0.05) is 26.7 Å². The fourth-order valence-corrected chi connectivity index (χ4v) is 4.40. The van der Waals surface area contributed by atoms with Crippen LogP contribution in [-0.2, 0) is 14.3 Å². The molecular weight excluding hydrogens is 266 g/mol. The molecular formula is C17H31NO3. The van der Waals surface area contributed by atoms with Crippen LogP contribution < -0.4 is 0 Å². The molecule has 1 saturated heterocycles. The molecule has 21 heavy (non-hydrogen) atoms. The van der Waals surface area contributed by atoms with Gasteiger partial charge in [0.15, 0.2) is 0 Å². The highest BCUT2D eigenvalue weighted by molar-refractivity contribution is 5.71. The van der Waals surface area contributed by atoms with Crippen molar-refractivity contribution in [3.8, 4) is 0 Å². The fraction of sp³-hybridized carbons (Fsp3) is 0.941. The lowest BCUT2D eigenvalue weighted by Gasteiger charge is -2.53. The number of hydrogen-bond donors (Lipinski definition) is 0. The quantitative estimate of drug-likeness (QED) is 0.732. The van der Waals surface area contributed by atoms with Gasteiger partial charge in [-0.05, 0) is 31.6 Å². The SMILES string of the molecule is CCOC(=O)CC1(N2CCOCC2)CCCCC1C(C)C. The van der Waals surface area contributed by atoms with Crippen LogP contribution in [0.15, 0.2) is 0 Å². The number of hydrogen-bond acceptors (Lipinski definition) is 4. The van der Waals surface area contributed by atoms with Crippen molar-refractivity contribution in [1.82, 2.24) is 4.90 Å². The summed E-state index contributed by atoms with van der Waals surface area (Å²) < 4.78 is 10.8. The minimum atomic E-state index is -0.0310. The maximum atomic E-state index is 12.2. The van der Waals surface area contributed by atoms with Gasteiger partial charge < -0.3 is 9.47 Å². The Labute approximate surface area is 129 Å². The molecule has 1 aliphatic heterocycles. The Morgan fingerprint density at radius 3 is 2.67 bits per heavy atom. The van der Waals surface area contributed by atoms with Gasteiger partial charge in [-0.25, -0.2) is 0 Å². The zero-order valence-electron chi connectivity index (χ0n) is 13.9. The molecule has 2 fully saturated rings. The van der Waals surface area contributed by atoms with E-state index >= 15 is 0 Å². The number of morpholine rings is 1. The summed E-state index contributed by atoms with van der Waals surface area (Å²) in [5.41, 5.74) is -0.0115. The van der Waals surface area contributed by atoms with Crippen molar-refractivity contribution in [3.05, 3.63) is 0 Å². The molecule has 4 heteroatoms. The van der Waals surface area contributed by atoms with E-state index in [1.54, 1.807) is 0 Å². The lowest BCUT2D eigenvalue weighted by molar-refractivity contribution is -0.152. The molecule has 1 saturated carbocycles. The van der Waals surface area contributed by atoms with Crippen molar-refractivity contribution in [2.75, 3.05) is 32.9 Å². The first-order valence-electron chi connectivity index (χ1n) is 8.58. The summed E-state index contributed by atoms with van der Waals surface area (Å²) in [6.07, 6.45) is 5.41. The monoisotopic (exact) mass is 297 g/mol. The molecule has 122 valence electrons. The van der Waals surface area contributed by atoms with Crippen molar-refractivity contribution in [2.45, 2.75) is 58.4 Å². The molecule has 0 radical (unpaired) electrons. The van der Waals surface area contributed by atoms with Gasteiger partial charge in [-0.15, -0.1) is 0 Å². The van der Waals surface area contributed by atoms with Crippen LogP contribution in [0.5, 0.6) is 0 Å². The second-order valence-corrected chi connectivity index (χ2v) is 6.78. The number of carbonyl (C=O) groups excluding carboxylic acids is 1. The number of esters is 1. The topological polar surface area (TPSA) is 38.8 Å². The van der Waals surface area contributed by atoms with Crippen LogP contribution in [0.1, 0.15) is 52.9 Å². The molecule has 2 aliphatic rings. The lowest BCUT2D eigenvalue weighted by atomic mass is 9.65. The highest BCUT2D eigenvalue weighted by atomic mass is 16.5. The molecule has 2 rings (SSSR count). The fourth-order valence-electron chi connectivity index (χ4n) is 4.40. The Hall–Kier alpha value is -0.610. The average Bonchev–Trinajstić information content (AvgIpc) is 2.48. The minimum Gasteiger partial charge on any atom is -0.466 e. The maximum Gasteiger partial charge on any atom is 0.307 e. The third kappa shape index (κ3) is 3.78. The Balaban J connectivity index is 2.23. The van der Waals surface area contributed by atoms with Crippen molar-refractivity contribution in [2.24, 2.45) is 11.8 Å². The predicted molar refractivity (Wildman–Crippen MR) is 83.2 cm³/mol. The minimum absolute atomic E-state index is 0.0115. The van der Waals surface area contributed by atoms with Crippen LogP contribution in [0.4, 0.5) is 0 Å². The molecule has 0 N–H and O–H groups in total. The molecule has 0 amide bonds. The van der Waals surface area contributed by atoms with Gasteiger partial charge in [0, 0.05) is 18.6 Å². The van der Waals surface area contributed by atoms with E-state index in [4.69, 9.17) is 9.47 Å². The predicted octanol–water partition coefficient (Wildman–Crippen LogP) is 2.86. The molecule has 0 spiro atoms. The number of carbonyl (C=O) groups is 1. The summed E-state index contributed by atoms with van der Waals surface area (Å²) >= 11 is 0. The van der Waals surface area contributed by atoms with Crippen molar-refractivity contribution in [1.29, 1.82) is 0 Å². The summed E-state index contributed by atoms with van der Waals surface area (Å²) in [5.74, 6) is 1.15.